The predicted octanol–water partition coefficient (Wildman–Crippen LogP) is 1.64. The van der Waals surface area contributed by atoms with Gasteiger partial charge in [0.1, 0.15) is 0 Å². The lowest BCUT2D eigenvalue weighted by Gasteiger charge is -2.26. The number of benzene rings is 2. The largest absolute Gasteiger partial charge is 0.394 e. The Labute approximate surface area is 117 Å². The van der Waals surface area contributed by atoms with Crippen molar-refractivity contribution in [2.45, 2.75) is 18.6 Å². The zero-order valence-corrected chi connectivity index (χ0v) is 11.0. The van der Waals surface area contributed by atoms with E-state index in [9.17, 15) is 15.5 Å². The standard InChI is InChI=1S/C16H16N2O2/c17-8-11-5-6-16(15-4-2-1-3-14(11)15)18-9-13(20)7-12(18)10-19/h1-6,12-13,19-20H,7,9-10H2. The molecule has 0 amide bonds. The van der Waals surface area contributed by atoms with Crippen LogP contribution >= 0.6 is 0 Å². The van der Waals surface area contributed by atoms with E-state index in [1.54, 1.807) is 6.07 Å². The van der Waals surface area contributed by atoms with Crippen LogP contribution in [0.25, 0.3) is 10.8 Å². The van der Waals surface area contributed by atoms with Gasteiger partial charge in [0.05, 0.1) is 30.4 Å². The maximum Gasteiger partial charge on any atom is 0.0998 e. The molecule has 2 aromatic carbocycles. The third-order valence-corrected chi connectivity index (χ3v) is 3.93. The fourth-order valence-electron chi connectivity index (χ4n) is 2.99. The zero-order valence-electron chi connectivity index (χ0n) is 11.0. The third-order valence-electron chi connectivity index (χ3n) is 3.93. The Hall–Kier alpha value is -2.09. The van der Waals surface area contributed by atoms with Crippen molar-refractivity contribution in [1.82, 2.24) is 0 Å². The van der Waals surface area contributed by atoms with Gasteiger partial charge in [0.15, 0.2) is 0 Å². The van der Waals surface area contributed by atoms with E-state index in [2.05, 4.69) is 6.07 Å². The Balaban J connectivity index is 2.15. The van der Waals surface area contributed by atoms with Crippen molar-refractivity contribution in [3.8, 4) is 6.07 Å². The van der Waals surface area contributed by atoms with Gasteiger partial charge in [-0.1, -0.05) is 24.3 Å². The van der Waals surface area contributed by atoms with Crippen LogP contribution in [0.15, 0.2) is 36.4 Å². The Kier molecular flexibility index (Phi) is 3.31. The van der Waals surface area contributed by atoms with Gasteiger partial charge in [-0.05, 0) is 18.6 Å². The minimum Gasteiger partial charge on any atom is -0.394 e. The van der Waals surface area contributed by atoms with E-state index in [1.165, 1.54) is 0 Å². The number of anilines is 1. The Bertz CT molecular complexity index is 678. The average Bonchev–Trinajstić information content (AvgIpc) is 2.87. The first-order chi connectivity index (χ1) is 9.74. The smallest absolute Gasteiger partial charge is 0.0998 e. The van der Waals surface area contributed by atoms with Crippen LogP contribution in [0.5, 0.6) is 0 Å². The van der Waals surface area contributed by atoms with E-state index in [0.29, 0.717) is 18.5 Å². The Morgan fingerprint density at radius 2 is 1.95 bits per heavy atom. The quantitative estimate of drug-likeness (QED) is 0.869. The van der Waals surface area contributed by atoms with Gasteiger partial charge in [0, 0.05) is 23.0 Å². The van der Waals surface area contributed by atoms with Crippen molar-refractivity contribution >= 4 is 16.5 Å². The number of fused-ring (bicyclic) bond motifs is 1. The maximum atomic E-state index is 9.83. The molecule has 2 unspecified atom stereocenters. The lowest BCUT2D eigenvalue weighted by molar-refractivity contribution is 0.184. The summed E-state index contributed by atoms with van der Waals surface area (Å²) in [6, 6.07) is 13.6. The van der Waals surface area contributed by atoms with Crippen LogP contribution in [-0.4, -0.2) is 35.5 Å². The van der Waals surface area contributed by atoms with Crippen molar-refractivity contribution in [2.75, 3.05) is 18.1 Å². The summed E-state index contributed by atoms with van der Waals surface area (Å²) in [7, 11) is 0. The van der Waals surface area contributed by atoms with E-state index < -0.39 is 6.10 Å². The number of hydrogen-bond acceptors (Lipinski definition) is 4. The molecule has 20 heavy (non-hydrogen) atoms. The lowest BCUT2D eigenvalue weighted by atomic mass is 10.0. The molecule has 3 rings (SSSR count). The first-order valence-corrected chi connectivity index (χ1v) is 6.72. The van der Waals surface area contributed by atoms with Crippen molar-refractivity contribution in [3.63, 3.8) is 0 Å². The van der Waals surface area contributed by atoms with Gasteiger partial charge < -0.3 is 15.1 Å². The van der Waals surface area contributed by atoms with E-state index in [0.717, 1.165) is 16.5 Å². The normalized spacial score (nSPS) is 22.1. The second-order valence-electron chi connectivity index (χ2n) is 5.17. The van der Waals surface area contributed by atoms with Gasteiger partial charge in [-0.3, -0.25) is 0 Å². The monoisotopic (exact) mass is 268 g/mol. The molecule has 1 aliphatic heterocycles. The first kappa shape index (κ1) is 12.9. The molecule has 1 aliphatic rings. The van der Waals surface area contributed by atoms with Crippen molar-refractivity contribution in [1.29, 1.82) is 5.26 Å². The molecule has 0 bridgehead atoms. The van der Waals surface area contributed by atoms with Gasteiger partial charge in [-0.15, -0.1) is 0 Å². The van der Waals surface area contributed by atoms with Crippen LogP contribution in [0.3, 0.4) is 0 Å². The molecule has 2 aromatic rings. The van der Waals surface area contributed by atoms with Crippen LogP contribution in [-0.2, 0) is 0 Å². The predicted molar refractivity (Wildman–Crippen MR) is 77.5 cm³/mol. The highest BCUT2D eigenvalue weighted by atomic mass is 16.3. The number of β-amino-alcohol motifs (C(OH)–C–C–N with tert-alkyl or cyclic N) is 1. The van der Waals surface area contributed by atoms with Crippen molar-refractivity contribution in [3.05, 3.63) is 42.0 Å². The van der Waals surface area contributed by atoms with Gasteiger partial charge in [-0.25, -0.2) is 0 Å². The third kappa shape index (κ3) is 2.01. The first-order valence-electron chi connectivity index (χ1n) is 6.72. The van der Waals surface area contributed by atoms with Gasteiger partial charge in [-0.2, -0.15) is 5.26 Å². The minimum absolute atomic E-state index is 0.0192. The Morgan fingerprint density at radius 3 is 2.65 bits per heavy atom. The highest BCUT2D eigenvalue weighted by molar-refractivity contribution is 5.98. The molecule has 102 valence electrons. The molecular formula is C16H16N2O2. The Morgan fingerprint density at radius 1 is 1.20 bits per heavy atom. The molecule has 1 heterocycles. The van der Waals surface area contributed by atoms with Crippen molar-refractivity contribution in [2.24, 2.45) is 0 Å². The fraction of sp³-hybridized carbons (Fsp3) is 0.312. The van der Waals surface area contributed by atoms with Crippen LogP contribution in [0, 0.1) is 11.3 Å². The van der Waals surface area contributed by atoms with Crippen LogP contribution in [0.2, 0.25) is 0 Å². The molecule has 4 heteroatoms. The number of nitrogens with zero attached hydrogens (tertiary/aromatic N) is 2. The molecule has 0 aliphatic carbocycles. The molecule has 2 atom stereocenters. The summed E-state index contributed by atoms with van der Waals surface area (Å²) >= 11 is 0. The zero-order chi connectivity index (χ0) is 14.1. The van der Waals surface area contributed by atoms with E-state index >= 15 is 0 Å². The molecule has 0 spiro atoms. The van der Waals surface area contributed by atoms with Crippen LogP contribution < -0.4 is 4.90 Å². The molecule has 0 saturated carbocycles. The lowest BCUT2D eigenvalue weighted by Crippen LogP contribution is -2.32. The average molecular weight is 268 g/mol. The summed E-state index contributed by atoms with van der Waals surface area (Å²) in [5.41, 5.74) is 1.61. The summed E-state index contributed by atoms with van der Waals surface area (Å²) in [6.07, 6.45) is 0.159. The molecule has 4 nitrogen and oxygen atoms in total. The molecule has 1 fully saturated rings. The highest BCUT2D eigenvalue weighted by Gasteiger charge is 2.31. The summed E-state index contributed by atoms with van der Waals surface area (Å²) in [5, 5.41) is 30.4. The number of nitriles is 1. The number of hydrogen-bond donors (Lipinski definition) is 2. The van der Waals surface area contributed by atoms with E-state index in [4.69, 9.17) is 0 Å². The summed E-state index contributed by atoms with van der Waals surface area (Å²) < 4.78 is 0. The minimum atomic E-state index is -0.415. The molecular weight excluding hydrogens is 252 g/mol. The van der Waals surface area contributed by atoms with Gasteiger partial charge in [0.2, 0.25) is 0 Å². The summed E-state index contributed by atoms with van der Waals surface area (Å²) in [5.74, 6) is 0. The molecule has 1 saturated heterocycles. The summed E-state index contributed by atoms with van der Waals surface area (Å²) in [6.45, 7) is 0.534. The van der Waals surface area contributed by atoms with Gasteiger partial charge in [0.25, 0.3) is 0 Å². The second-order valence-corrected chi connectivity index (χ2v) is 5.17. The fourth-order valence-corrected chi connectivity index (χ4v) is 2.99. The summed E-state index contributed by atoms with van der Waals surface area (Å²) in [4.78, 5) is 2.04. The van der Waals surface area contributed by atoms with Gasteiger partial charge >= 0.3 is 0 Å². The SMILES string of the molecule is N#Cc1ccc(N2CC(O)CC2CO)c2ccccc12. The molecule has 2 N–H and O–H groups in total. The highest BCUT2D eigenvalue weighted by Crippen LogP contribution is 2.33. The molecule has 0 aromatic heterocycles. The number of aliphatic hydroxyl groups excluding tert-OH is 2. The topological polar surface area (TPSA) is 67.5 Å². The van der Waals surface area contributed by atoms with Crippen LogP contribution in [0.1, 0.15) is 12.0 Å². The second kappa shape index (κ2) is 5.12. The molecule has 0 radical (unpaired) electrons. The van der Waals surface area contributed by atoms with Crippen molar-refractivity contribution < 1.29 is 10.2 Å². The van der Waals surface area contributed by atoms with Crippen LogP contribution in [0.4, 0.5) is 5.69 Å². The maximum absolute atomic E-state index is 9.83. The van der Waals surface area contributed by atoms with E-state index in [-0.39, 0.29) is 12.6 Å². The number of aliphatic hydroxyl groups is 2. The van der Waals surface area contributed by atoms with E-state index in [1.807, 2.05) is 35.2 Å². The number of rotatable bonds is 2.